The number of fused-ring (bicyclic) bond motifs is 2. The van der Waals surface area contributed by atoms with Gasteiger partial charge in [-0.15, -0.1) is 0 Å². The maximum atomic E-state index is 2.45. The van der Waals surface area contributed by atoms with Gasteiger partial charge in [0.2, 0.25) is 0 Å². The summed E-state index contributed by atoms with van der Waals surface area (Å²) in [6.07, 6.45) is 12.3. The molecule has 0 aliphatic heterocycles. The average Bonchev–Trinajstić information content (AvgIpc) is 3.13. The highest BCUT2D eigenvalue weighted by Crippen LogP contribution is 2.55. The van der Waals surface area contributed by atoms with Crippen LogP contribution in [0, 0.1) is 29.6 Å². The lowest BCUT2D eigenvalue weighted by molar-refractivity contribution is 0.125. The zero-order valence-corrected chi connectivity index (χ0v) is 13.5. The molecule has 6 unspecified atom stereocenters. The second-order valence-corrected chi connectivity index (χ2v) is 8.23. The molecule has 3 fully saturated rings. The van der Waals surface area contributed by atoms with Crippen LogP contribution >= 0.6 is 0 Å². The first-order chi connectivity index (χ1) is 10.3. The molecule has 0 nitrogen and oxygen atoms in total. The van der Waals surface area contributed by atoms with E-state index in [-0.39, 0.29) is 0 Å². The molecule has 0 heteroatoms. The Hall–Kier alpha value is -0.780. The molecule has 1 aromatic carbocycles. The highest BCUT2D eigenvalue weighted by molar-refractivity contribution is 5.19. The monoisotopic (exact) mass is 282 g/mol. The Kier molecular flexibility index (Phi) is 3.81. The molecule has 3 aliphatic rings. The fraction of sp³-hybridized carbons (Fsp3) is 0.714. The Morgan fingerprint density at radius 2 is 1.67 bits per heavy atom. The molecule has 1 aromatic rings. The lowest BCUT2D eigenvalue weighted by Gasteiger charge is -2.38. The van der Waals surface area contributed by atoms with Crippen LogP contribution in [-0.2, 0) is 0 Å². The molecule has 3 saturated carbocycles. The summed E-state index contributed by atoms with van der Waals surface area (Å²) < 4.78 is 0. The smallest absolute Gasteiger partial charge is 0.0188 e. The van der Waals surface area contributed by atoms with Gasteiger partial charge in [0.15, 0.2) is 0 Å². The molecule has 0 aromatic heterocycles. The van der Waals surface area contributed by atoms with E-state index in [9.17, 15) is 0 Å². The minimum Gasteiger partial charge on any atom is -0.0622 e. The van der Waals surface area contributed by atoms with Gasteiger partial charge in [0.05, 0.1) is 0 Å². The molecule has 0 saturated heterocycles. The van der Waals surface area contributed by atoms with Crippen molar-refractivity contribution >= 4 is 0 Å². The Labute approximate surface area is 130 Å². The summed E-state index contributed by atoms with van der Waals surface area (Å²) in [7, 11) is 0. The lowest BCUT2D eigenvalue weighted by Crippen LogP contribution is -2.29. The van der Waals surface area contributed by atoms with Gasteiger partial charge < -0.3 is 0 Å². The van der Waals surface area contributed by atoms with Gasteiger partial charge in [-0.2, -0.15) is 0 Å². The van der Waals surface area contributed by atoms with E-state index < -0.39 is 0 Å². The van der Waals surface area contributed by atoms with Crippen molar-refractivity contribution in [2.24, 2.45) is 29.6 Å². The van der Waals surface area contributed by atoms with Gasteiger partial charge in [-0.25, -0.2) is 0 Å². The van der Waals surface area contributed by atoms with Crippen LogP contribution in [0.15, 0.2) is 30.3 Å². The Morgan fingerprint density at radius 1 is 0.905 bits per heavy atom. The second-order valence-electron chi connectivity index (χ2n) is 8.23. The largest absolute Gasteiger partial charge is 0.0622 e. The topological polar surface area (TPSA) is 0 Å². The van der Waals surface area contributed by atoms with Gasteiger partial charge >= 0.3 is 0 Å². The minimum absolute atomic E-state index is 0.747. The van der Waals surface area contributed by atoms with E-state index in [0.29, 0.717) is 0 Å². The van der Waals surface area contributed by atoms with Crippen molar-refractivity contribution in [3.63, 3.8) is 0 Å². The molecule has 4 rings (SSSR count). The third-order valence-corrected chi connectivity index (χ3v) is 7.14. The molecule has 0 spiro atoms. The van der Waals surface area contributed by atoms with E-state index >= 15 is 0 Å². The molecular weight excluding hydrogens is 252 g/mol. The number of hydrogen-bond donors (Lipinski definition) is 0. The van der Waals surface area contributed by atoms with Crippen molar-refractivity contribution in [1.82, 2.24) is 0 Å². The lowest BCUT2D eigenvalue weighted by atomic mass is 9.68. The van der Waals surface area contributed by atoms with Crippen LogP contribution in [0.5, 0.6) is 0 Å². The Bertz CT molecular complexity index is 462. The molecule has 21 heavy (non-hydrogen) atoms. The van der Waals surface area contributed by atoms with Gasteiger partial charge in [-0.3, -0.25) is 0 Å². The molecule has 3 aliphatic carbocycles. The molecule has 0 amide bonds. The molecule has 0 N–H and O–H groups in total. The quantitative estimate of drug-likeness (QED) is 0.634. The first-order valence-electron chi connectivity index (χ1n) is 9.36. The van der Waals surface area contributed by atoms with Crippen LogP contribution in [-0.4, -0.2) is 0 Å². The molecule has 114 valence electrons. The number of benzene rings is 1. The van der Waals surface area contributed by atoms with Crippen molar-refractivity contribution in [2.75, 3.05) is 0 Å². The number of rotatable bonds is 3. The van der Waals surface area contributed by atoms with Crippen LogP contribution in [0.3, 0.4) is 0 Å². The molecule has 0 bridgehead atoms. The maximum Gasteiger partial charge on any atom is -0.0188 e. The van der Waals surface area contributed by atoms with Crippen LogP contribution in [0.4, 0.5) is 0 Å². The Morgan fingerprint density at radius 3 is 2.48 bits per heavy atom. The van der Waals surface area contributed by atoms with Gasteiger partial charge in [-0.1, -0.05) is 56.5 Å². The summed E-state index contributed by atoms with van der Waals surface area (Å²) in [6.45, 7) is 2.45. The highest BCUT2D eigenvalue weighted by Gasteiger charge is 2.45. The van der Waals surface area contributed by atoms with Crippen LogP contribution in [0.25, 0.3) is 0 Å². The molecule has 0 radical (unpaired) electrons. The third-order valence-electron chi connectivity index (χ3n) is 7.14. The second kappa shape index (κ2) is 5.78. The van der Waals surface area contributed by atoms with E-state index in [1.165, 1.54) is 19.3 Å². The van der Waals surface area contributed by atoms with Crippen LogP contribution in [0.1, 0.15) is 69.8 Å². The van der Waals surface area contributed by atoms with E-state index in [4.69, 9.17) is 0 Å². The standard InChI is InChI=1S/C21H30/c1-15(16-6-3-2-4-7-16)12-19-10-11-20-13-17-8-5-9-18(17)14-21(19)20/h2-4,6-7,15,17-21H,5,8-14H2,1H3. The zero-order chi connectivity index (χ0) is 14.2. The molecule has 6 atom stereocenters. The zero-order valence-electron chi connectivity index (χ0n) is 13.5. The average molecular weight is 282 g/mol. The van der Waals surface area contributed by atoms with Crippen molar-refractivity contribution in [3.05, 3.63) is 35.9 Å². The summed E-state index contributed by atoms with van der Waals surface area (Å²) in [4.78, 5) is 0. The summed E-state index contributed by atoms with van der Waals surface area (Å²) >= 11 is 0. The Balaban J connectivity index is 1.42. The summed E-state index contributed by atoms with van der Waals surface area (Å²) in [6, 6.07) is 11.2. The van der Waals surface area contributed by atoms with Gasteiger partial charge in [0.25, 0.3) is 0 Å². The van der Waals surface area contributed by atoms with E-state index in [1.807, 2.05) is 0 Å². The molecular formula is C21H30. The fourth-order valence-electron chi connectivity index (χ4n) is 6.06. The fourth-order valence-corrected chi connectivity index (χ4v) is 6.06. The van der Waals surface area contributed by atoms with Crippen LogP contribution in [0.2, 0.25) is 0 Å². The van der Waals surface area contributed by atoms with E-state index in [0.717, 1.165) is 35.5 Å². The SMILES string of the molecule is CC(CC1CCC2CC3CCCC3CC12)c1ccccc1. The van der Waals surface area contributed by atoms with Crippen molar-refractivity contribution in [3.8, 4) is 0 Å². The first-order valence-corrected chi connectivity index (χ1v) is 9.36. The summed E-state index contributed by atoms with van der Waals surface area (Å²) in [5.41, 5.74) is 1.55. The highest BCUT2D eigenvalue weighted by atomic mass is 14.5. The summed E-state index contributed by atoms with van der Waals surface area (Å²) in [5.74, 6) is 6.17. The first kappa shape index (κ1) is 13.9. The number of hydrogen-bond acceptors (Lipinski definition) is 0. The van der Waals surface area contributed by atoms with Crippen LogP contribution < -0.4 is 0 Å². The van der Waals surface area contributed by atoms with Crippen molar-refractivity contribution in [1.29, 1.82) is 0 Å². The summed E-state index contributed by atoms with van der Waals surface area (Å²) in [5, 5.41) is 0. The van der Waals surface area contributed by atoms with Crippen molar-refractivity contribution < 1.29 is 0 Å². The van der Waals surface area contributed by atoms with Crippen molar-refractivity contribution in [2.45, 2.75) is 64.2 Å². The van der Waals surface area contributed by atoms with E-state index in [2.05, 4.69) is 37.3 Å². The predicted molar refractivity (Wildman–Crippen MR) is 89.2 cm³/mol. The predicted octanol–water partition coefficient (Wildman–Crippen LogP) is 6.03. The molecule has 0 heterocycles. The van der Waals surface area contributed by atoms with Gasteiger partial charge in [0.1, 0.15) is 0 Å². The maximum absolute atomic E-state index is 2.45. The normalized spacial score (nSPS) is 39.8. The van der Waals surface area contributed by atoms with Gasteiger partial charge in [-0.05, 0) is 73.2 Å². The van der Waals surface area contributed by atoms with Gasteiger partial charge in [0, 0.05) is 0 Å². The minimum atomic E-state index is 0.747. The third kappa shape index (κ3) is 2.67. The van der Waals surface area contributed by atoms with E-state index in [1.54, 1.807) is 37.7 Å².